The molecule has 5 heteroatoms. The molecule has 0 spiro atoms. The first-order valence-electron chi connectivity index (χ1n) is 5.28. The highest BCUT2D eigenvalue weighted by atomic mass is 32.2. The maximum Gasteiger partial charge on any atom is 0.214 e. The average Bonchev–Trinajstić information content (AvgIpc) is 2.59. The van der Waals surface area contributed by atoms with Crippen LogP contribution in [0.15, 0.2) is 24.3 Å². The van der Waals surface area contributed by atoms with Crippen LogP contribution < -0.4 is 0 Å². The summed E-state index contributed by atoms with van der Waals surface area (Å²) in [5.41, 5.74) is 1.80. The number of rotatable bonds is 3. The van der Waals surface area contributed by atoms with Gasteiger partial charge in [0.25, 0.3) is 0 Å². The average molecular weight is 241 g/mol. The van der Waals surface area contributed by atoms with Gasteiger partial charge in [0.1, 0.15) is 0 Å². The van der Waals surface area contributed by atoms with Gasteiger partial charge in [0.05, 0.1) is 12.4 Å². The number of hydrogen-bond acceptors (Lipinski definition) is 3. The zero-order chi connectivity index (χ0) is 11.6. The molecule has 88 valence electrons. The van der Waals surface area contributed by atoms with Crippen molar-refractivity contribution in [1.29, 1.82) is 0 Å². The summed E-state index contributed by atoms with van der Waals surface area (Å²) < 4.78 is 24.7. The van der Waals surface area contributed by atoms with Gasteiger partial charge in [-0.3, -0.25) is 0 Å². The lowest BCUT2D eigenvalue weighted by molar-refractivity contribution is 0.282. The summed E-state index contributed by atoms with van der Waals surface area (Å²) in [6, 6.07) is 7.36. The Morgan fingerprint density at radius 1 is 1.19 bits per heavy atom. The van der Waals surface area contributed by atoms with Crippen LogP contribution in [-0.2, 0) is 23.2 Å². The highest BCUT2D eigenvalue weighted by molar-refractivity contribution is 7.89. The number of sulfonamides is 1. The maximum atomic E-state index is 11.6. The quantitative estimate of drug-likeness (QED) is 0.848. The first-order chi connectivity index (χ1) is 7.62. The lowest BCUT2D eigenvalue weighted by Crippen LogP contribution is -2.25. The Labute approximate surface area is 95.6 Å². The topological polar surface area (TPSA) is 57.6 Å². The molecule has 1 heterocycles. The molecule has 1 aliphatic heterocycles. The number of hydrogen-bond donors (Lipinski definition) is 1. The molecule has 0 radical (unpaired) electrons. The predicted molar refractivity (Wildman–Crippen MR) is 61.2 cm³/mol. The standard InChI is InChI=1S/C11H15NO3S/c13-9-11-4-2-10(3-5-11)8-12-6-1-7-16(12,14)15/h2-5,13H,1,6-9H2. The lowest BCUT2D eigenvalue weighted by atomic mass is 10.1. The normalized spacial score (nSPS) is 20.1. The Kier molecular flexibility index (Phi) is 3.28. The van der Waals surface area contributed by atoms with Crippen molar-refractivity contribution < 1.29 is 13.5 Å². The fourth-order valence-corrected chi connectivity index (χ4v) is 3.33. The lowest BCUT2D eigenvalue weighted by Gasteiger charge is -2.14. The molecular formula is C11H15NO3S. The van der Waals surface area contributed by atoms with E-state index in [4.69, 9.17) is 5.11 Å². The van der Waals surface area contributed by atoms with Crippen molar-refractivity contribution in [2.24, 2.45) is 0 Å². The van der Waals surface area contributed by atoms with E-state index in [1.807, 2.05) is 24.3 Å². The molecular weight excluding hydrogens is 226 g/mol. The SMILES string of the molecule is O=S1(=O)CCCN1Cc1ccc(CO)cc1. The van der Waals surface area contributed by atoms with Crippen molar-refractivity contribution in [3.8, 4) is 0 Å². The van der Waals surface area contributed by atoms with E-state index < -0.39 is 10.0 Å². The third kappa shape index (κ3) is 2.42. The summed E-state index contributed by atoms with van der Waals surface area (Å²) in [5, 5.41) is 8.89. The molecule has 0 aliphatic carbocycles. The van der Waals surface area contributed by atoms with Crippen LogP contribution in [0.4, 0.5) is 0 Å². The van der Waals surface area contributed by atoms with E-state index in [-0.39, 0.29) is 12.4 Å². The largest absolute Gasteiger partial charge is 0.392 e. The molecule has 0 bridgehead atoms. The van der Waals surface area contributed by atoms with Gasteiger partial charge in [0, 0.05) is 13.1 Å². The monoisotopic (exact) mass is 241 g/mol. The fraction of sp³-hybridized carbons (Fsp3) is 0.455. The summed E-state index contributed by atoms with van der Waals surface area (Å²) in [6.07, 6.45) is 0.719. The van der Waals surface area contributed by atoms with E-state index in [9.17, 15) is 8.42 Å². The Morgan fingerprint density at radius 3 is 2.31 bits per heavy atom. The Bertz CT molecular complexity index is 453. The van der Waals surface area contributed by atoms with E-state index in [0.29, 0.717) is 13.1 Å². The Balaban J connectivity index is 2.09. The molecule has 1 N–H and O–H groups in total. The Morgan fingerprint density at radius 2 is 1.81 bits per heavy atom. The van der Waals surface area contributed by atoms with Crippen LogP contribution in [0.5, 0.6) is 0 Å². The van der Waals surface area contributed by atoms with Crippen molar-refractivity contribution in [3.05, 3.63) is 35.4 Å². The first kappa shape index (κ1) is 11.6. The molecule has 0 saturated carbocycles. The van der Waals surface area contributed by atoms with Crippen molar-refractivity contribution in [3.63, 3.8) is 0 Å². The van der Waals surface area contributed by atoms with Gasteiger partial charge in [-0.25, -0.2) is 8.42 Å². The highest BCUT2D eigenvalue weighted by Gasteiger charge is 2.27. The van der Waals surface area contributed by atoms with Gasteiger partial charge in [0.2, 0.25) is 10.0 Å². The summed E-state index contributed by atoms with van der Waals surface area (Å²) in [6.45, 7) is 1.07. The van der Waals surface area contributed by atoms with Crippen molar-refractivity contribution in [2.45, 2.75) is 19.6 Å². The highest BCUT2D eigenvalue weighted by Crippen LogP contribution is 2.17. The molecule has 1 aromatic rings. The van der Waals surface area contributed by atoms with Gasteiger partial charge in [-0.05, 0) is 17.5 Å². The zero-order valence-electron chi connectivity index (χ0n) is 8.96. The molecule has 1 aromatic carbocycles. The summed E-state index contributed by atoms with van der Waals surface area (Å²) in [4.78, 5) is 0. The number of aliphatic hydroxyl groups is 1. The molecule has 1 fully saturated rings. The third-order valence-electron chi connectivity index (χ3n) is 2.77. The van der Waals surface area contributed by atoms with Crippen LogP contribution in [0, 0.1) is 0 Å². The van der Waals surface area contributed by atoms with E-state index in [2.05, 4.69) is 0 Å². The fourth-order valence-electron chi connectivity index (χ4n) is 1.82. The van der Waals surface area contributed by atoms with E-state index in [0.717, 1.165) is 17.5 Å². The summed E-state index contributed by atoms with van der Waals surface area (Å²) >= 11 is 0. The van der Waals surface area contributed by atoms with Gasteiger partial charge < -0.3 is 5.11 Å². The van der Waals surface area contributed by atoms with E-state index >= 15 is 0 Å². The molecule has 0 unspecified atom stereocenters. The smallest absolute Gasteiger partial charge is 0.214 e. The summed E-state index contributed by atoms with van der Waals surface area (Å²) in [5.74, 6) is 0.266. The van der Waals surface area contributed by atoms with Crippen molar-refractivity contribution >= 4 is 10.0 Å². The van der Waals surface area contributed by atoms with Gasteiger partial charge >= 0.3 is 0 Å². The van der Waals surface area contributed by atoms with Crippen LogP contribution in [0.25, 0.3) is 0 Å². The second-order valence-corrected chi connectivity index (χ2v) is 6.07. The zero-order valence-corrected chi connectivity index (χ0v) is 9.78. The van der Waals surface area contributed by atoms with Gasteiger partial charge in [0.15, 0.2) is 0 Å². The van der Waals surface area contributed by atoms with Crippen molar-refractivity contribution in [1.82, 2.24) is 4.31 Å². The maximum absolute atomic E-state index is 11.6. The molecule has 4 nitrogen and oxygen atoms in total. The first-order valence-corrected chi connectivity index (χ1v) is 6.89. The van der Waals surface area contributed by atoms with Crippen LogP contribution in [0.1, 0.15) is 17.5 Å². The molecule has 0 atom stereocenters. The second kappa shape index (κ2) is 4.53. The minimum absolute atomic E-state index is 0.0162. The summed E-state index contributed by atoms with van der Waals surface area (Å²) in [7, 11) is -3.02. The van der Waals surface area contributed by atoms with Crippen LogP contribution in [-0.4, -0.2) is 30.1 Å². The molecule has 1 saturated heterocycles. The van der Waals surface area contributed by atoms with Crippen LogP contribution in [0.3, 0.4) is 0 Å². The van der Waals surface area contributed by atoms with Gasteiger partial charge in [-0.15, -0.1) is 0 Å². The van der Waals surface area contributed by atoms with Crippen LogP contribution >= 0.6 is 0 Å². The second-order valence-electron chi connectivity index (χ2n) is 3.98. The molecule has 1 aliphatic rings. The van der Waals surface area contributed by atoms with E-state index in [1.54, 1.807) is 0 Å². The van der Waals surface area contributed by atoms with Gasteiger partial charge in [-0.2, -0.15) is 4.31 Å². The molecule has 16 heavy (non-hydrogen) atoms. The molecule has 0 aromatic heterocycles. The number of benzene rings is 1. The Hall–Kier alpha value is -0.910. The predicted octanol–water partition coefficient (Wildman–Crippen LogP) is 0.714. The third-order valence-corrected chi connectivity index (χ3v) is 4.67. The number of nitrogens with zero attached hydrogens (tertiary/aromatic N) is 1. The van der Waals surface area contributed by atoms with Gasteiger partial charge in [-0.1, -0.05) is 24.3 Å². The minimum atomic E-state index is -3.02. The molecule has 0 amide bonds. The molecule has 2 rings (SSSR count). The van der Waals surface area contributed by atoms with Crippen molar-refractivity contribution in [2.75, 3.05) is 12.3 Å². The van der Waals surface area contributed by atoms with E-state index in [1.165, 1.54) is 4.31 Å². The minimum Gasteiger partial charge on any atom is -0.392 e. The van der Waals surface area contributed by atoms with Crippen LogP contribution in [0.2, 0.25) is 0 Å². The number of aliphatic hydroxyl groups excluding tert-OH is 1.